The van der Waals surface area contributed by atoms with Crippen LogP contribution in [0, 0.1) is 17.8 Å². The Bertz CT molecular complexity index is 1700. The number of hydrogen-bond acceptors (Lipinski definition) is 16. The van der Waals surface area contributed by atoms with Crippen LogP contribution in [0.1, 0.15) is 102 Å². The monoisotopic (exact) mass is 909 g/mol. The maximum atomic E-state index is 14.5. The van der Waals surface area contributed by atoms with Crippen LogP contribution in [0.3, 0.4) is 0 Å². The summed E-state index contributed by atoms with van der Waals surface area (Å²) < 4.78 is 51.1. The summed E-state index contributed by atoms with van der Waals surface area (Å²) in [4.78, 5) is 21.3. The Morgan fingerprint density at radius 1 is 0.953 bits per heavy atom. The summed E-state index contributed by atoms with van der Waals surface area (Å²) in [7, 11) is 5.07. The molecule has 4 aliphatic rings. The lowest BCUT2D eigenvalue weighted by Gasteiger charge is -2.53. The lowest BCUT2D eigenvalue weighted by atomic mass is 9.75. The van der Waals surface area contributed by atoms with E-state index in [4.69, 9.17) is 42.9 Å². The van der Waals surface area contributed by atoms with E-state index >= 15 is 0 Å². The van der Waals surface area contributed by atoms with Crippen molar-refractivity contribution in [2.45, 2.75) is 192 Å². The van der Waals surface area contributed by atoms with Crippen LogP contribution >= 0.6 is 0 Å². The molecule has 1 aromatic carbocycles. The van der Waals surface area contributed by atoms with Gasteiger partial charge in [0, 0.05) is 39.1 Å². The van der Waals surface area contributed by atoms with Crippen LogP contribution in [-0.4, -0.2) is 168 Å². The molecule has 1 aromatic rings. The Morgan fingerprint density at radius 3 is 2.23 bits per heavy atom. The number of likely N-dealkylation sites (N-methyl/N-ethyl adjacent to an activating group) is 2. The van der Waals surface area contributed by atoms with Crippen LogP contribution < -0.4 is 15.4 Å². The maximum Gasteiger partial charge on any atom is 0.311 e. The predicted molar refractivity (Wildman–Crippen MR) is 240 cm³/mol. The zero-order chi connectivity index (χ0) is 47.5. The van der Waals surface area contributed by atoms with Crippen molar-refractivity contribution in [1.82, 2.24) is 15.5 Å². The van der Waals surface area contributed by atoms with E-state index in [2.05, 4.69) is 10.6 Å². The van der Waals surface area contributed by atoms with Crippen LogP contribution in [0.25, 0.3) is 0 Å². The average molecular weight is 909 g/mol. The summed E-state index contributed by atoms with van der Waals surface area (Å²) in [6.45, 7) is 20.9. The molecule has 17 nitrogen and oxygen atoms in total. The van der Waals surface area contributed by atoms with Gasteiger partial charge in [-0.1, -0.05) is 27.7 Å². The number of carbonyl (C=O) groups excluding carboxylic acids is 1. The number of cyclic esters (lactones) is 1. The molecule has 64 heavy (non-hydrogen) atoms. The van der Waals surface area contributed by atoms with E-state index in [1.54, 1.807) is 41.7 Å². The number of fused-ring (bicyclic) bond motifs is 1. The van der Waals surface area contributed by atoms with Gasteiger partial charge in [-0.05, 0) is 111 Å². The van der Waals surface area contributed by atoms with E-state index in [1.165, 1.54) is 14.0 Å². The van der Waals surface area contributed by atoms with Crippen LogP contribution in [0.5, 0.6) is 5.75 Å². The molecule has 0 aromatic heterocycles. The van der Waals surface area contributed by atoms with Crippen molar-refractivity contribution >= 4 is 17.7 Å². The molecule has 366 valence electrons. The Labute approximate surface area is 380 Å². The van der Waals surface area contributed by atoms with E-state index in [1.807, 2.05) is 70.8 Å². The number of benzene rings is 1. The van der Waals surface area contributed by atoms with Crippen LogP contribution in [0.15, 0.2) is 29.3 Å². The first-order valence-corrected chi connectivity index (χ1v) is 23.3. The highest BCUT2D eigenvalue weighted by Crippen LogP contribution is 2.44. The lowest BCUT2D eigenvalue weighted by molar-refractivity contribution is -0.335. The minimum Gasteiger partial charge on any atom is -0.497 e. The molecule has 0 saturated carbocycles. The third-order valence-electron chi connectivity index (χ3n) is 14.5. The van der Waals surface area contributed by atoms with Gasteiger partial charge in [-0.25, -0.2) is 0 Å². The first kappa shape index (κ1) is 52.3. The van der Waals surface area contributed by atoms with E-state index in [0.29, 0.717) is 37.0 Å². The molecule has 4 fully saturated rings. The molecule has 0 aliphatic carbocycles. The van der Waals surface area contributed by atoms with Crippen molar-refractivity contribution in [2.24, 2.45) is 22.7 Å². The number of methoxy groups -OCH3 is 2. The van der Waals surface area contributed by atoms with Gasteiger partial charge in [-0.3, -0.25) is 4.79 Å². The zero-order valence-electron chi connectivity index (χ0n) is 40.7. The number of esters is 1. The standard InChI is InChI=1S/C47H80N4O13/c1-15-35-46(11,55)39(52)30(7)49-24-26(3)22-44(9,54)40(64-42-38-34(21-27(4)59-42)51(12)43(63-38)50-32-17-19-33(57-13)20-18-32)28(5)37(29(6)41(53)61-35)62-36-23-45(10,58-14)47(56,25-48-16-2)31(8)60-36/h17-20,26-31,34-40,42,48-49,52,54-56H,15-16,21-25H2,1-14H3/b50-43-/t26-,27-,28+,29-,30-,31+,34+,35-,36+,37+,38-,39-,40-,42+,44-,45-,46-,47+/m1/s1. The first-order chi connectivity index (χ1) is 30.0. The SMILES string of the molecule is CCNC[C@]1(O)[C@H](C)O[C@@H](O[C@H]2[C@H](C)[C@@H](O[C@@H]3O[C@H](C)C[C@H]4[C@H]3O/C(=N\c3ccc(OC)cc3)N4C)[C@](C)(O)C[C@@H](C)CN[C@H](C)[C@@H](O)[C@](C)(O)[C@@H](CC)OC(=O)[C@@H]2C)C[C@@]1(C)OC. The topological polar surface area (TPSA) is 211 Å². The Morgan fingerprint density at radius 2 is 1.62 bits per heavy atom. The quantitative estimate of drug-likeness (QED) is 0.175. The number of carbonyl (C=O) groups is 1. The van der Waals surface area contributed by atoms with Crippen LogP contribution in [0.2, 0.25) is 0 Å². The first-order valence-electron chi connectivity index (χ1n) is 23.3. The van der Waals surface area contributed by atoms with Crippen molar-refractivity contribution in [3.63, 3.8) is 0 Å². The van der Waals surface area contributed by atoms with E-state index < -0.39 is 95.5 Å². The van der Waals surface area contributed by atoms with Crippen molar-refractivity contribution < 1.29 is 63.1 Å². The summed E-state index contributed by atoms with van der Waals surface area (Å²) in [5, 5.41) is 54.7. The van der Waals surface area contributed by atoms with Gasteiger partial charge in [-0.2, -0.15) is 4.99 Å². The summed E-state index contributed by atoms with van der Waals surface area (Å²) in [5.74, 6) is -1.97. The van der Waals surface area contributed by atoms with Crippen molar-refractivity contribution in [1.29, 1.82) is 0 Å². The molecular weight excluding hydrogens is 829 g/mol. The van der Waals surface area contributed by atoms with Gasteiger partial charge in [0.25, 0.3) is 6.02 Å². The number of amidine groups is 1. The highest BCUT2D eigenvalue weighted by molar-refractivity contribution is 5.79. The maximum absolute atomic E-state index is 14.5. The summed E-state index contributed by atoms with van der Waals surface area (Å²) in [6, 6.07) is 6.94. The molecule has 18 atom stereocenters. The smallest absolute Gasteiger partial charge is 0.311 e. The van der Waals surface area contributed by atoms with Gasteiger partial charge in [0.05, 0.1) is 54.8 Å². The number of aliphatic hydroxyl groups excluding tert-OH is 1. The number of rotatable bonds is 11. The average Bonchev–Trinajstić information content (AvgIpc) is 3.56. The van der Waals surface area contributed by atoms with E-state index in [0.717, 1.165) is 0 Å². The molecule has 17 heteroatoms. The number of aliphatic imine (C=N–C) groups is 1. The summed E-state index contributed by atoms with van der Waals surface area (Å²) in [6.07, 6.45) is -7.03. The third-order valence-corrected chi connectivity index (χ3v) is 14.5. The number of hydrogen-bond donors (Lipinski definition) is 6. The Balaban J connectivity index is 1.57. The van der Waals surface area contributed by atoms with Gasteiger partial charge in [0.15, 0.2) is 18.7 Å². The second-order valence-corrected chi connectivity index (χ2v) is 19.6. The molecule has 5 rings (SSSR count). The van der Waals surface area contributed by atoms with Crippen LogP contribution in [0.4, 0.5) is 5.69 Å². The predicted octanol–water partition coefficient (Wildman–Crippen LogP) is 3.64. The highest BCUT2D eigenvalue weighted by atomic mass is 16.7. The fourth-order valence-electron chi connectivity index (χ4n) is 10.3. The van der Waals surface area contributed by atoms with Crippen molar-refractivity contribution in [3.8, 4) is 5.75 Å². The van der Waals surface area contributed by atoms with Gasteiger partial charge >= 0.3 is 5.97 Å². The lowest BCUT2D eigenvalue weighted by Crippen LogP contribution is -2.70. The minimum atomic E-state index is -1.83. The van der Waals surface area contributed by atoms with Gasteiger partial charge in [0.2, 0.25) is 0 Å². The minimum absolute atomic E-state index is 0.0885. The molecule has 4 aliphatic heterocycles. The van der Waals surface area contributed by atoms with Gasteiger partial charge in [0.1, 0.15) is 34.8 Å². The van der Waals surface area contributed by atoms with Crippen LogP contribution in [-0.2, 0) is 38.0 Å². The van der Waals surface area contributed by atoms with E-state index in [-0.39, 0.29) is 43.9 Å². The Kier molecular flexibility index (Phi) is 17.2. The molecule has 4 saturated heterocycles. The molecule has 0 bridgehead atoms. The third kappa shape index (κ3) is 11.0. The number of nitrogens with zero attached hydrogens (tertiary/aromatic N) is 2. The van der Waals surface area contributed by atoms with Gasteiger partial charge < -0.3 is 73.9 Å². The molecule has 6 N–H and O–H groups in total. The fourth-order valence-corrected chi connectivity index (χ4v) is 10.3. The molecule has 0 spiro atoms. The highest BCUT2D eigenvalue weighted by Gasteiger charge is 2.59. The molecule has 0 amide bonds. The zero-order valence-corrected chi connectivity index (χ0v) is 40.7. The summed E-state index contributed by atoms with van der Waals surface area (Å²) in [5.41, 5.74) is -5.32. The largest absolute Gasteiger partial charge is 0.497 e. The van der Waals surface area contributed by atoms with Gasteiger partial charge in [-0.15, -0.1) is 0 Å². The molecular formula is C47H80N4O13. The second kappa shape index (κ2) is 21.1. The fraction of sp³-hybridized carbons (Fsp3) is 0.830. The van der Waals surface area contributed by atoms with Crippen molar-refractivity contribution in [2.75, 3.05) is 40.9 Å². The van der Waals surface area contributed by atoms with Crippen molar-refractivity contribution in [3.05, 3.63) is 24.3 Å². The second-order valence-electron chi connectivity index (χ2n) is 19.6. The Hall–Kier alpha value is -2.68. The number of aliphatic hydroxyl groups is 4. The number of ether oxygens (including phenoxy) is 8. The molecule has 4 heterocycles. The van der Waals surface area contributed by atoms with E-state index in [9.17, 15) is 25.2 Å². The molecule has 0 radical (unpaired) electrons. The number of nitrogens with one attached hydrogen (secondary N) is 2. The normalized spacial score (nSPS) is 44.6. The summed E-state index contributed by atoms with van der Waals surface area (Å²) >= 11 is 0. The molecule has 0 unspecified atom stereocenters.